The maximum atomic E-state index is 12.0. The van der Waals surface area contributed by atoms with Crippen LogP contribution in [0.1, 0.15) is 24.9 Å². The van der Waals surface area contributed by atoms with Crippen molar-refractivity contribution in [3.63, 3.8) is 0 Å². The van der Waals surface area contributed by atoms with E-state index in [9.17, 15) is 4.79 Å². The molecule has 0 spiro atoms. The van der Waals surface area contributed by atoms with Gasteiger partial charge in [0.25, 0.3) is 0 Å². The summed E-state index contributed by atoms with van der Waals surface area (Å²) in [4.78, 5) is 12.0. The molecule has 0 bridgehead atoms. The van der Waals surface area contributed by atoms with E-state index in [0.29, 0.717) is 13.0 Å². The number of nitrogens with one attached hydrogen (secondary N) is 1. The summed E-state index contributed by atoms with van der Waals surface area (Å²) in [5.74, 6) is 1.46. The van der Waals surface area contributed by atoms with Crippen LogP contribution in [0.5, 0.6) is 11.5 Å². The molecule has 0 saturated heterocycles. The number of methoxy groups -OCH3 is 1. The summed E-state index contributed by atoms with van der Waals surface area (Å²) in [5.41, 5.74) is 1.05. The van der Waals surface area contributed by atoms with Crippen LogP contribution in [0, 0.1) is 0 Å². The van der Waals surface area contributed by atoms with Crippen LogP contribution in [-0.2, 0) is 4.79 Å². The Labute approximate surface area is 144 Å². The van der Waals surface area contributed by atoms with Gasteiger partial charge in [0.2, 0.25) is 5.91 Å². The Morgan fingerprint density at radius 3 is 2.43 bits per heavy atom. The van der Waals surface area contributed by atoms with Crippen molar-refractivity contribution in [2.75, 3.05) is 13.7 Å². The van der Waals surface area contributed by atoms with E-state index in [0.717, 1.165) is 21.5 Å². The van der Waals surface area contributed by atoms with Crippen molar-refractivity contribution in [3.8, 4) is 11.5 Å². The van der Waals surface area contributed by atoms with Crippen molar-refractivity contribution in [1.82, 2.24) is 5.32 Å². The second-order valence-electron chi connectivity index (χ2n) is 5.08. The van der Waals surface area contributed by atoms with Crippen LogP contribution >= 0.6 is 15.9 Å². The van der Waals surface area contributed by atoms with Gasteiger partial charge in [-0.2, -0.15) is 0 Å². The summed E-state index contributed by atoms with van der Waals surface area (Å²) in [7, 11) is 1.62. The molecule has 0 aliphatic carbocycles. The molecule has 0 heterocycles. The standard InChI is InChI=1S/C18H20BrNO3/c1-13(16-5-3-4-6-17(16)19)20-18(21)11-12-23-15-9-7-14(22-2)8-10-15/h3-10,13H,11-12H2,1-2H3,(H,20,21)/t13-/m0/s1. The Hall–Kier alpha value is -2.01. The maximum absolute atomic E-state index is 12.0. The number of hydrogen-bond acceptors (Lipinski definition) is 3. The number of benzene rings is 2. The van der Waals surface area contributed by atoms with Crippen LogP contribution < -0.4 is 14.8 Å². The van der Waals surface area contributed by atoms with Crippen molar-refractivity contribution in [1.29, 1.82) is 0 Å². The summed E-state index contributed by atoms with van der Waals surface area (Å²) in [5, 5.41) is 2.97. The highest BCUT2D eigenvalue weighted by Gasteiger charge is 2.11. The maximum Gasteiger partial charge on any atom is 0.223 e. The zero-order valence-electron chi connectivity index (χ0n) is 13.2. The van der Waals surface area contributed by atoms with Crippen LogP contribution in [0.4, 0.5) is 0 Å². The third-order valence-corrected chi connectivity index (χ3v) is 4.13. The predicted octanol–water partition coefficient (Wildman–Crippen LogP) is 4.10. The molecule has 2 aromatic carbocycles. The molecule has 2 aromatic rings. The number of carbonyl (C=O) groups is 1. The lowest BCUT2D eigenvalue weighted by atomic mass is 10.1. The van der Waals surface area contributed by atoms with Gasteiger partial charge in [-0.15, -0.1) is 0 Å². The highest BCUT2D eigenvalue weighted by molar-refractivity contribution is 9.10. The number of halogens is 1. The second-order valence-corrected chi connectivity index (χ2v) is 5.94. The first kappa shape index (κ1) is 17.3. The number of ether oxygens (including phenoxy) is 2. The van der Waals surface area contributed by atoms with E-state index < -0.39 is 0 Å². The molecule has 1 N–H and O–H groups in total. The van der Waals surface area contributed by atoms with E-state index in [1.165, 1.54) is 0 Å². The molecule has 23 heavy (non-hydrogen) atoms. The van der Waals surface area contributed by atoms with Crippen molar-refractivity contribution in [2.45, 2.75) is 19.4 Å². The van der Waals surface area contributed by atoms with Gasteiger partial charge in [0.05, 0.1) is 26.2 Å². The molecule has 122 valence electrons. The fourth-order valence-corrected chi connectivity index (χ4v) is 2.78. The van der Waals surface area contributed by atoms with Crippen molar-refractivity contribution in [2.24, 2.45) is 0 Å². The first-order valence-corrected chi connectivity index (χ1v) is 8.20. The molecule has 5 heteroatoms. The molecule has 1 amide bonds. The summed E-state index contributed by atoms with van der Waals surface area (Å²) >= 11 is 3.50. The molecule has 4 nitrogen and oxygen atoms in total. The normalized spacial score (nSPS) is 11.6. The summed E-state index contributed by atoms with van der Waals surface area (Å²) < 4.78 is 11.6. The smallest absolute Gasteiger partial charge is 0.223 e. The van der Waals surface area contributed by atoms with Gasteiger partial charge >= 0.3 is 0 Å². The van der Waals surface area contributed by atoms with Crippen LogP contribution in [0.15, 0.2) is 53.0 Å². The predicted molar refractivity (Wildman–Crippen MR) is 93.8 cm³/mol. The molecule has 0 radical (unpaired) electrons. The van der Waals surface area contributed by atoms with E-state index in [1.54, 1.807) is 7.11 Å². The number of carbonyl (C=O) groups excluding carboxylic acids is 1. The van der Waals surface area contributed by atoms with Gasteiger partial charge in [-0.1, -0.05) is 34.1 Å². The third kappa shape index (κ3) is 5.28. The molecule has 0 aromatic heterocycles. The minimum Gasteiger partial charge on any atom is -0.497 e. The molecule has 2 rings (SSSR count). The molecule has 0 fully saturated rings. The van der Waals surface area contributed by atoms with E-state index in [1.807, 2.05) is 55.5 Å². The number of rotatable bonds is 7. The quantitative estimate of drug-likeness (QED) is 0.789. The van der Waals surface area contributed by atoms with Gasteiger partial charge in [0, 0.05) is 4.47 Å². The third-order valence-electron chi connectivity index (χ3n) is 3.41. The summed E-state index contributed by atoms with van der Waals surface area (Å²) in [6.45, 7) is 2.29. The molecule has 0 saturated carbocycles. The Bertz CT molecular complexity index is 643. The highest BCUT2D eigenvalue weighted by Crippen LogP contribution is 2.22. The Balaban J connectivity index is 1.77. The van der Waals surface area contributed by atoms with Gasteiger partial charge in [-0.05, 0) is 42.8 Å². The van der Waals surface area contributed by atoms with Crippen LogP contribution in [0.2, 0.25) is 0 Å². The first-order valence-electron chi connectivity index (χ1n) is 7.41. The zero-order valence-corrected chi connectivity index (χ0v) is 14.8. The van der Waals surface area contributed by atoms with Gasteiger partial charge in [-0.3, -0.25) is 4.79 Å². The van der Waals surface area contributed by atoms with Gasteiger partial charge in [-0.25, -0.2) is 0 Å². The van der Waals surface area contributed by atoms with Crippen LogP contribution in [-0.4, -0.2) is 19.6 Å². The van der Waals surface area contributed by atoms with E-state index >= 15 is 0 Å². The fourth-order valence-electron chi connectivity index (χ4n) is 2.15. The summed E-state index contributed by atoms with van der Waals surface area (Å²) in [6, 6.07) is 15.1. The molecular formula is C18H20BrNO3. The minimum absolute atomic E-state index is 0.0400. The van der Waals surface area contributed by atoms with Crippen LogP contribution in [0.25, 0.3) is 0 Å². The SMILES string of the molecule is COc1ccc(OCCC(=O)N[C@@H](C)c2ccccc2Br)cc1. The summed E-state index contributed by atoms with van der Waals surface area (Å²) in [6.07, 6.45) is 0.306. The number of hydrogen-bond donors (Lipinski definition) is 1. The van der Waals surface area contributed by atoms with Gasteiger partial charge < -0.3 is 14.8 Å². The van der Waals surface area contributed by atoms with Gasteiger partial charge in [0.1, 0.15) is 11.5 Å². The monoisotopic (exact) mass is 377 g/mol. The van der Waals surface area contributed by atoms with Crippen LogP contribution in [0.3, 0.4) is 0 Å². The average Bonchev–Trinajstić information content (AvgIpc) is 2.55. The lowest BCUT2D eigenvalue weighted by Gasteiger charge is -2.16. The van der Waals surface area contributed by atoms with Crippen molar-refractivity contribution >= 4 is 21.8 Å². The highest BCUT2D eigenvalue weighted by atomic mass is 79.9. The van der Waals surface area contributed by atoms with Crippen molar-refractivity contribution in [3.05, 3.63) is 58.6 Å². The largest absolute Gasteiger partial charge is 0.497 e. The molecule has 0 aliphatic rings. The first-order chi connectivity index (χ1) is 11.1. The topological polar surface area (TPSA) is 47.6 Å². The zero-order chi connectivity index (χ0) is 16.7. The van der Waals surface area contributed by atoms with E-state index in [4.69, 9.17) is 9.47 Å². The fraction of sp³-hybridized carbons (Fsp3) is 0.278. The Morgan fingerprint density at radius 1 is 1.13 bits per heavy atom. The van der Waals surface area contributed by atoms with E-state index in [2.05, 4.69) is 21.2 Å². The lowest BCUT2D eigenvalue weighted by molar-refractivity contribution is -0.122. The number of amides is 1. The van der Waals surface area contributed by atoms with Gasteiger partial charge in [0.15, 0.2) is 0 Å². The molecule has 0 aliphatic heterocycles. The molecule has 1 atom stereocenters. The second kappa shape index (κ2) is 8.58. The lowest BCUT2D eigenvalue weighted by Crippen LogP contribution is -2.28. The molecular weight excluding hydrogens is 358 g/mol. The average molecular weight is 378 g/mol. The minimum atomic E-state index is -0.0564. The Morgan fingerprint density at radius 2 is 1.78 bits per heavy atom. The Kier molecular flexibility index (Phi) is 6.47. The van der Waals surface area contributed by atoms with Crippen molar-refractivity contribution < 1.29 is 14.3 Å². The molecule has 0 unspecified atom stereocenters. The van der Waals surface area contributed by atoms with E-state index in [-0.39, 0.29) is 11.9 Å².